The van der Waals surface area contributed by atoms with E-state index in [0.717, 1.165) is 35.5 Å². The average molecular weight is 334 g/mol. The lowest BCUT2D eigenvalue weighted by Crippen LogP contribution is -2.00. The fraction of sp³-hybridized carbons (Fsp3) is 0.227. The third-order valence-electron chi connectivity index (χ3n) is 4.78. The Labute approximate surface area is 148 Å². The summed E-state index contributed by atoms with van der Waals surface area (Å²) in [7, 11) is 0. The Morgan fingerprint density at radius 3 is 2.62 bits per heavy atom. The minimum absolute atomic E-state index is 0.759. The van der Waals surface area contributed by atoms with Crippen molar-refractivity contribution in [3.8, 4) is 11.3 Å². The van der Waals surface area contributed by atoms with E-state index in [2.05, 4.69) is 43.3 Å². The van der Waals surface area contributed by atoms with Crippen LogP contribution in [0.4, 0.5) is 0 Å². The third-order valence-corrected chi connectivity index (χ3v) is 5.01. The van der Waals surface area contributed by atoms with Crippen LogP contribution in [-0.4, -0.2) is 4.98 Å². The first-order chi connectivity index (χ1) is 11.7. The standard InChI is InChI=1S/C22H20ClN/c1-15-8-10-16(11-9-15)12-18-14-22(17-4-2-5-19(23)13-17)24-21-7-3-6-20(18)21/h2,4-5,8-11,13-14H,3,6-7,12H2,1H3. The van der Waals surface area contributed by atoms with Crippen LogP contribution in [0, 0.1) is 6.92 Å². The highest BCUT2D eigenvalue weighted by atomic mass is 35.5. The van der Waals surface area contributed by atoms with Crippen molar-refractivity contribution >= 4 is 11.6 Å². The van der Waals surface area contributed by atoms with Gasteiger partial charge in [-0.1, -0.05) is 53.6 Å². The molecule has 120 valence electrons. The number of aromatic nitrogens is 1. The molecule has 0 fully saturated rings. The van der Waals surface area contributed by atoms with Crippen molar-refractivity contribution < 1.29 is 0 Å². The summed E-state index contributed by atoms with van der Waals surface area (Å²) >= 11 is 6.17. The van der Waals surface area contributed by atoms with E-state index >= 15 is 0 Å². The van der Waals surface area contributed by atoms with E-state index in [-0.39, 0.29) is 0 Å². The Hall–Kier alpha value is -2.12. The highest BCUT2D eigenvalue weighted by molar-refractivity contribution is 6.30. The zero-order valence-corrected chi connectivity index (χ0v) is 14.6. The van der Waals surface area contributed by atoms with Crippen LogP contribution in [0.25, 0.3) is 11.3 Å². The summed E-state index contributed by atoms with van der Waals surface area (Å²) in [6, 6.07) is 19.1. The quantitative estimate of drug-likeness (QED) is 0.591. The van der Waals surface area contributed by atoms with E-state index in [0.29, 0.717) is 0 Å². The Bertz CT molecular complexity index is 881. The van der Waals surface area contributed by atoms with Gasteiger partial charge in [0.1, 0.15) is 0 Å². The Kier molecular flexibility index (Phi) is 4.12. The van der Waals surface area contributed by atoms with Crippen molar-refractivity contribution in [2.75, 3.05) is 0 Å². The molecular weight excluding hydrogens is 314 g/mol. The molecule has 0 N–H and O–H groups in total. The van der Waals surface area contributed by atoms with E-state index in [1.807, 2.05) is 18.2 Å². The van der Waals surface area contributed by atoms with E-state index in [9.17, 15) is 0 Å². The van der Waals surface area contributed by atoms with Gasteiger partial charge in [0.15, 0.2) is 0 Å². The maximum Gasteiger partial charge on any atom is 0.0708 e. The van der Waals surface area contributed by atoms with Crippen molar-refractivity contribution in [2.24, 2.45) is 0 Å². The summed E-state index contributed by atoms with van der Waals surface area (Å²) in [5.41, 5.74) is 8.95. The lowest BCUT2D eigenvalue weighted by Gasteiger charge is -2.12. The van der Waals surface area contributed by atoms with E-state index in [4.69, 9.17) is 16.6 Å². The summed E-state index contributed by atoms with van der Waals surface area (Å²) in [4.78, 5) is 4.92. The van der Waals surface area contributed by atoms with Gasteiger partial charge in [0.05, 0.1) is 5.69 Å². The number of aryl methyl sites for hydroxylation is 2. The third kappa shape index (κ3) is 3.09. The Morgan fingerprint density at radius 2 is 1.83 bits per heavy atom. The molecule has 1 aliphatic rings. The number of hydrogen-bond acceptors (Lipinski definition) is 1. The van der Waals surface area contributed by atoms with Gasteiger partial charge in [-0.05, 0) is 67.5 Å². The van der Waals surface area contributed by atoms with Crippen LogP contribution in [0.1, 0.15) is 34.4 Å². The number of pyridine rings is 1. The molecule has 1 nitrogen and oxygen atoms in total. The molecule has 2 heteroatoms. The van der Waals surface area contributed by atoms with Crippen molar-refractivity contribution in [1.29, 1.82) is 0 Å². The molecule has 0 radical (unpaired) electrons. The SMILES string of the molecule is Cc1ccc(Cc2cc(-c3cccc(Cl)c3)nc3c2CCC3)cc1. The molecule has 1 aliphatic carbocycles. The average Bonchev–Trinajstić information content (AvgIpc) is 3.06. The van der Waals surface area contributed by atoms with Crippen LogP contribution in [-0.2, 0) is 19.3 Å². The van der Waals surface area contributed by atoms with E-state index < -0.39 is 0 Å². The zero-order chi connectivity index (χ0) is 16.5. The van der Waals surface area contributed by atoms with Crippen LogP contribution in [0.2, 0.25) is 5.02 Å². The molecule has 0 spiro atoms. The normalized spacial score (nSPS) is 13.1. The molecular formula is C22H20ClN. The first kappa shape index (κ1) is 15.4. The first-order valence-corrected chi connectivity index (χ1v) is 8.90. The number of fused-ring (bicyclic) bond motifs is 1. The summed E-state index contributed by atoms with van der Waals surface area (Å²) in [5, 5.41) is 0.759. The van der Waals surface area contributed by atoms with Crippen molar-refractivity contribution in [2.45, 2.75) is 32.6 Å². The lowest BCUT2D eigenvalue weighted by atomic mass is 9.97. The van der Waals surface area contributed by atoms with Gasteiger partial charge in [-0.25, -0.2) is 0 Å². The van der Waals surface area contributed by atoms with Crippen molar-refractivity contribution in [3.63, 3.8) is 0 Å². The Morgan fingerprint density at radius 1 is 1.00 bits per heavy atom. The monoisotopic (exact) mass is 333 g/mol. The molecule has 3 aromatic rings. The van der Waals surface area contributed by atoms with Crippen LogP contribution in [0.3, 0.4) is 0 Å². The molecule has 4 rings (SSSR count). The molecule has 0 amide bonds. The highest BCUT2D eigenvalue weighted by Crippen LogP contribution is 2.31. The van der Waals surface area contributed by atoms with Crippen molar-refractivity contribution in [3.05, 3.63) is 87.6 Å². The van der Waals surface area contributed by atoms with Gasteiger partial charge >= 0.3 is 0 Å². The largest absolute Gasteiger partial charge is 0.253 e. The second kappa shape index (κ2) is 6.41. The van der Waals surface area contributed by atoms with Crippen LogP contribution >= 0.6 is 11.6 Å². The molecule has 0 aliphatic heterocycles. The second-order valence-electron chi connectivity index (χ2n) is 6.62. The van der Waals surface area contributed by atoms with Gasteiger partial charge in [0.2, 0.25) is 0 Å². The molecule has 0 saturated carbocycles. The number of benzene rings is 2. The summed E-state index contributed by atoms with van der Waals surface area (Å²) in [6.07, 6.45) is 4.42. The summed E-state index contributed by atoms with van der Waals surface area (Å²) in [6.45, 7) is 2.13. The predicted octanol–water partition coefficient (Wildman–Crippen LogP) is 5.79. The number of rotatable bonds is 3. The maximum atomic E-state index is 6.17. The molecule has 1 aromatic heterocycles. The number of nitrogens with zero attached hydrogens (tertiary/aromatic N) is 1. The van der Waals surface area contributed by atoms with Gasteiger partial charge in [0, 0.05) is 16.3 Å². The van der Waals surface area contributed by atoms with Gasteiger partial charge in [-0.3, -0.25) is 4.98 Å². The minimum Gasteiger partial charge on any atom is -0.253 e. The molecule has 0 atom stereocenters. The van der Waals surface area contributed by atoms with Gasteiger partial charge < -0.3 is 0 Å². The molecule has 1 heterocycles. The second-order valence-corrected chi connectivity index (χ2v) is 7.05. The molecule has 24 heavy (non-hydrogen) atoms. The number of hydrogen-bond donors (Lipinski definition) is 0. The smallest absolute Gasteiger partial charge is 0.0708 e. The summed E-state index contributed by atoms with van der Waals surface area (Å²) < 4.78 is 0. The molecule has 0 saturated heterocycles. The lowest BCUT2D eigenvalue weighted by molar-refractivity contribution is 0.897. The van der Waals surface area contributed by atoms with Crippen LogP contribution < -0.4 is 0 Å². The number of halogens is 1. The van der Waals surface area contributed by atoms with Gasteiger partial charge in [-0.15, -0.1) is 0 Å². The van der Waals surface area contributed by atoms with Gasteiger partial charge in [0.25, 0.3) is 0 Å². The predicted molar refractivity (Wildman–Crippen MR) is 101 cm³/mol. The van der Waals surface area contributed by atoms with Crippen LogP contribution in [0.5, 0.6) is 0 Å². The van der Waals surface area contributed by atoms with E-state index in [1.54, 1.807) is 0 Å². The van der Waals surface area contributed by atoms with Crippen molar-refractivity contribution in [1.82, 2.24) is 4.98 Å². The fourth-order valence-electron chi connectivity index (χ4n) is 3.51. The highest BCUT2D eigenvalue weighted by Gasteiger charge is 2.18. The summed E-state index contributed by atoms with van der Waals surface area (Å²) in [5.74, 6) is 0. The minimum atomic E-state index is 0.759. The molecule has 0 bridgehead atoms. The van der Waals surface area contributed by atoms with E-state index in [1.165, 1.54) is 34.4 Å². The van der Waals surface area contributed by atoms with Crippen LogP contribution in [0.15, 0.2) is 54.6 Å². The fourth-order valence-corrected chi connectivity index (χ4v) is 3.70. The maximum absolute atomic E-state index is 6.17. The Balaban J connectivity index is 1.77. The molecule has 0 unspecified atom stereocenters. The zero-order valence-electron chi connectivity index (χ0n) is 13.8. The first-order valence-electron chi connectivity index (χ1n) is 8.52. The van der Waals surface area contributed by atoms with Gasteiger partial charge in [-0.2, -0.15) is 0 Å². The molecule has 2 aromatic carbocycles. The topological polar surface area (TPSA) is 12.9 Å².